The second-order valence-corrected chi connectivity index (χ2v) is 5.36. The van der Waals surface area contributed by atoms with Gasteiger partial charge in [-0.05, 0) is 18.6 Å². The first kappa shape index (κ1) is 15.6. The summed E-state index contributed by atoms with van der Waals surface area (Å²) in [5, 5.41) is 0. The van der Waals surface area contributed by atoms with Gasteiger partial charge in [0.05, 0.1) is 0 Å². The van der Waals surface area contributed by atoms with E-state index < -0.39 is 17.7 Å². The van der Waals surface area contributed by atoms with Gasteiger partial charge in [-0.2, -0.15) is 4.39 Å². The molecule has 0 saturated carbocycles. The molecule has 1 unspecified atom stereocenters. The highest BCUT2D eigenvalue weighted by atomic mass is 79.9. The molecule has 0 aliphatic rings. The van der Waals surface area contributed by atoms with Crippen LogP contribution in [0.4, 0.5) is 8.78 Å². The molecule has 0 aliphatic carbocycles. The molecule has 1 atom stereocenters. The molecule has 0 heterocycles. The van der Waals surface area contributed by atoms with E-state index in [4.69, 9.17) is 4.74 Å². The minimum atomic E-state index is -1.10. The van der Waals surface area contributed by atoms with Crippen LogP contribution in [0.15, 0.2) is 46.9 Å². The molecule has 2 aromatic carbocycles. The molecule has 0 N–H and O–H groups in total. The van der Waals surface area contributed by atoms with Crippen molar-refractivity contribution in [3.05, 3.63) is 64.1 Å². The molecule has 0 aliphatic heterocycles. The topological polar surface area (TPSA) is 26.3 Å². The van der Waals surface area contributed by atoms with Gasteiger partial charge in [0.2, 0.25) is 11.6 Å². The molecule has 5 heteroatoms. The largest absolute Gasteiger partial charge is 0.479 e. The van der Waals surface area contributed by atoms with E-state index in [9.17, 15) is 13.6 Å². The lowest BCUT2D eigenvalue weighted by Gasteiger charge is -2.17. The molecule has 0 spiro atoms. The quantitative estimate of drug-likeness (QED) is 0.571. The monoisotopic (exact) mass is 354 g/mol. The molecular weight excluding hydrogens is 342 g/mol. The highest BCUT2D eigenvalue weighted by Crippen LogP contribution is 2.27. The molecule has 0 bridgehead atoms. The van der Waals surface area contributed by atoms with Crippen LogP contribution in [-0.4, -0.2) is 11.9 Å². The molecule has 0 aromatic heterocycles. The Hall–Kier alpha value is -1.75. The Morgan fingerprint density at radius 2 is 1.90 bits per heavy atom. The zero-order chi connectivity index (χ0) is 15.4. The van der Waals surface area contributed by atoms with Gasteiger partial charge < -0.3 is 4.74 Å². The summed E-state index contributed by atoms with van der Waals surface area (Å²) in [6.07, 6.45) is -0.517. The Morgan fingerprint density at radius 1 is 1.24 bits per heavy atom. The fraction of sp³-hybridized carbons (Fsp3) is 0.188. The van der Waals surface area contributed by atoms with Crippen molar-refractivity contribution < 1.29 is 18.3 Å². The number of carbonyl (C=O) groups excluding carboxylic acids is 1. The third-order valence-corrected chi connectivity index (χ3v) is 3.41. The second kappa shape index (κ2) is 6.80. The summed E-state index contributed by atoms with van der Waals surface area (Å²) in [5.74, 6) is -2.67. The molecule has 2 nitrogen and oxygen atoms in total. The fourth-order valence-electron chi connectivity index (χ4n) is 1.88. The zero-order valence-corrected chi connectivity index (χ0v) is 12.9. The third kappa shape index (κ3) is 3.67. The van der Waals surface area contributed by atoms with E-state index in [1.165, 1.54) is 6.07 Å². The van der Waals surface area contributed by atoms with Gasteiger partial charge >= 0.3 is 0 Å². The maximum Gasteiger partial charge on any atom is 0.203 e. The van der Waals surface area contributed by atoms with E-state index in [2.05, 4.69) is 15.9 Å². The van der Waals surface area contributed by atoms with Crippen LogP contribution >= 0.6 is 15.9 Å². The standard InChI is InChI=1S/C16H13BrF2O2/c1-2-13(16(20)10-6-4-3-5-7-10)21-14-9-11(17)8-12(18)15(14)19/h3-9,13H,2H2,1H3. The minimum Gasteiger partial charge on any atom is -0.479 e. The zero-order valence-electron chi connectivity index (χ0n) is 11.3. The predicted molar refractivity (Wildman–Crippen MR) is 79.5 cm³/mol. The SMILES string of the molecule is CCC(Oc1cc(Br)cc(F)c1F)C(=O)c1ccccc1. The summed E-state index contributed by atoms with van der Waals surface area (Å²) in [7, 11) is 0. The van der Waals surface area contributed by atoms with Crippen molar-refractivity contribution in [2.45, 2.75) is 19.4 Å². The maximum absolute atomic E-state index is 13.7. The van der Waals surface area contributed by atoms with Crippen LogP contribution in [0.25, 0.3) is 0 Å². The van der Waals surface area contributed by atoms with Crippen LogP contribution in [0.3, 0.4) is 0 Å². The van der Waals surface area contributed by atoms with Gasteiger partial charge in [0.1, 0.15) is 0 Å². The summed E-state index contributed by atoms with van der Waals surface area (Å²) in [4.78, 5) is 12.3. The van der Waals surface area contributed by atoms with E-state index in [1.807, 2.05) is 0 Å². The molecule has 2 rings (SSSR count). The summed E-state index contributed by atoms with van der Waals surface area (Å²) >= 11 is 3.07. The number of ketones is 1. The van der Waals surface area contributed by atoms with Crippen molar-refractivity contribution >= 4 is 21.7 Å². The van der Waals surface area contributed by atoms with Gasteiger partial charge in [0, 0.05) is 10.0 Å². The van der Waals surface area contributed by atoms with E-state index in [-0.39, 0.29) is 11.5 Å². The van der Waals surface area contributed by atoms with Crippen molar-refractivity contribution in [1.82, 2.24) is 0 Å². The van der Waals surface area contributed by atoms with Gasteiger partial charge in [0.15, 0.2) is 17.7 Å². The Kier molecular flexibility index (Phi) is 5.07. The average Bonchev–Trinajstić information content (AvgIpc) is 2.49. The van der Waals surface area contributed by atoms with Crippen molar-refractivity contribution in [3.63, 3.8) is 0 Å². The third-order valence-electron chi connectivity index (χ3n) is 2.95. The van der Waals surface area contributed by atoms with Crippen LogP contribution in [0.2, 0.25) is 0 Å². The lowest BCUT2D eigenvalue weighted by Crippen LogP contribution is -2.27. The Bertz CT molecular complexity index is 644. The van der Waals surface area contributed by atoms with Gasteiger partial charge in [-0.3, -0.25) is 4.79 Å². The fourth-order valence-corrected chi connectivity index (χ4v) is 2.29. The number of Topliss-reactive ketones (excluding diaryl/α,β-unsaturated/α-hetero) is 1. The first-order chi connectivity index (χ1) is 10.0. The second-order valence-electron chi connectivity index (χ2n) is 4.44. The minimum absolute atomic E-state index is 0.266. The first-order valence-electron chi connectivity index (χ1n) is 6.43. The summed E-state index contributed by atoms with van der Waals surface area (Å²) in [5.41, 5.74) is 0.472. The maximum atomic E-state index is 13.7. The molecule has 0 saturated heterocycles. The molecule has 0 radical (unpaired) electrons. The highest BCUT2D eigenvalue weighted by molar-refractivity contribution is 9.10. The Balaban J connectivity index is 2.26. The average molecular weight is 355 g/mol. The van der Waals surface area contributed by atoms with E-state index in [0.29, 0.717) is 16.5 Å². The van der Waals surface area contributed by atoms with Crippen molar-refractivity contribution in [1.29, 1.82) is 0 Å². The molecule has 21 heavy (non-hydrogen) atoms. The summed E-state index contributed by atoms with van der Waals surface area (Å²) in [6, 6.07) is 10.9. The van der Waals surface area contributed by atoms with Gasteiger partial charge in [-0.1, -0.05) is 53.2 Å². The highest BCUT2D eigenvalue weighted by Gasteiger charge is 2.22. The van der Waals surface area contributed by atoms with Crippen LogP contribution in [0.5, 0.6) is 5.75 Å². The van der Waals surface area contributed by atoms with E-state index >= 15 is 0 Å². The van der Waals surface area contributed by atoms with Crippen LogP contribution in [0, 0.1) is 11.6 Å². The Morgan fingerprint density at radius 3 is 2.52 bits per heavy atom. The smallest absolute Gasteiger partial charge is 0.203 e. The Labute approximate surface area is 129 Å². The van der Waals surface area contributed by atoms with Crippen LogP contribution < -0.4 is 4.74 Å². The first-order valence-corrected chi connectivity index (χ1v) is 7.22. The summed E-state index contributed by atoms with van der Waals surface area (Å²) < 4.78 is 32.8. The van der Waals surface area contributed by atoms with Gasteiger partial charge in [-0.25, -0.2) is 4.39 Å². The van der Waals surface area contributed by atoms with Crippen LogP contribution in [-0.2, 0) is 0 Å². The number of halogens is 3. The van der Waals surface area contributed by atoms with E-state index in [1.54, 1.807) is 37.3 Å². The number of benzene rings is 2. The molecular formula is C16H13BrF2O2. The lowest BCUT2D eigenvalue weighted by atomic mass is 10.0. The van der Waals surface area contributed by atoms with Gasteiger partial charge in [0.25, 0.3) is 0 Å². The van der Waals surface area contributed by atoms with Crippen LogP contribution in [0.1, 0.15) is 23.7 Å². The molecule has 110 valence electrons. The normalized spacial score (nSPS) is 12.0. The number of hydrogen-bond donors (Lipinski definition) is 0. The number of carbonyl (C=O) groups is 1. The van der Waals surface area contributed by atoms with Crippen molar-refractivity contribution in [2.75, 3.05) is 0 Å². The lowest BCUT2D eigenvalue weighted by molar-refractivity contribution is 0.0778. The number of rotatable bonds is 5. The van der Waals surface area contributed by atoms with Gasteiger partial charge in [-0.15, -0.1) is 0 Å². The molecule has 0 amide bonds. The van der Waals surface area contributed by atoms with Crippen molar-refractivity contribution in [2.24, 2.45) is 0 Å². The molecule has 0 fully saturated rings. The number of ether oxygens (including phenoxy) is 1. The summed E-state index contributed by atoms with van der Waals surface area (Å²) in [6.45, 7) is 1.75. The van der Waals surface area contributed by atoms with E-state index in [0.717, 1.165) is 6.07 Å². The molecule has 2 aromatic rings. The van der Waals surface area contributed by atoms with Crippen molar-refractivity contribution in [3.8, 4) is 5.75 Å². The predicted octanol–water partition coefficient (Wildman–Crippen LogP) is 4.77. The number of hydrogen-bond acceptors (Lipinski definition) is 2.